The zero-order valence-corrected chi connectivity index (χ0v) is 17.9. The predicted octanol–water partition coefficient (Wildman–Crippen LogP) is 3.74. The van der Waals surface area contributed by atoms with Gasteiger partial charge in [0.2, 0.25) is 0 Å². The maximum absolute atomic E-state index is 12.8. The third-order valence-corrected chi connectivity index (χ3v) is 6.36. The summed E-state index contributed by atoms with van der Waals surface area (Å²) in [4.78, 5) is 22.0. The van der Waals surface area contributed by atoms with Crippen LogP contribution in [-0.4, -0.2) is 52.2 Å². The molecule has 0 saturated carbocycles. The van der Waals surface area contributed by atoms with Crippen LogP contribution < -0.4 is 4.90 Å². The molecule has 0 radical (unpaired) electrons. The number of anilines is 1. The molecule has 3 heterocycles. The van der Waals surface area contributed by atoms with E-state index in [1.54, 1.807) is 0 Å². The average Bonchev–Trinajstić information content (AvgIpc) is 3.11. The predicted molar refractivity (Wildman–Crippen MR) is 117 cm³/mol. The highest BCUT2D eigenvalue weighted by Gasteiger charge is 2.25. The van der Waals surface area contributed by atoms with Gasteiger partial charge in [0.15, 0.2) is 5.82 Å². The van der Waals surface area contributed by atoms with Crippen molar-refractivity contribution in [3.63, 3.8) is 0 Å². The Morgan fingerprint density at radius 1 is 1.00 bits per heavy atom. The van der Waals surface area contributed by atoms with Gasteiger partial charge in [0.05, 0.1) is 16.4 Å². The molecule has 0 atom stereocenters. The fraction of sp³-hybridized carbons (Fsp3) is 0.364. The molecule has 0 aliphatic carbocycles. The summed E-state index contributed by atoms with van der Waals surface area (Å²) in [5, 5.41) is 9.78. The molecule has 0 spiro atoms. The standard InChI is InChI=1S/C22H25N5OS/c1-4-17-5-7-18(8-6-17)19-9-10-20(25-24-19)26-11-13-27(14-12-26)22(28)21-15(2)23-16(3)29-21/h5-10H,4,11-14H2,1-3H3. The van der Waals surface area contributed by atoms with E-state index in [1.165, 1.54) is 16.9 Å². The van der Waals surface area contributed by atoms with E-state index in [4.69, 9.17) is 0 Å². The number of hydrogen-bond acceptors (Lipinski definition) is 6. The number of aryl methyl sites for hydroxylation is 3. The van der Waals surface area contributed by atoms with E-state index < -0.39 is 0 Å². The molecule has 29 heavy (non-hydrogen) atoms. The molecule has 7 heteroatoms. The van der Waals surface area contributed by atoms with Crippen LogP contribution >= 0.6 is 11.3 Å². The van der Waals surface area contributed by atoms with Crippen LogP contribution in [-0.2, 0) is 6.42 Å². The summed E-state index contributed by atoms with van der Waals surface area (Å²) in [7, 11) is 0. The van der Waals surface area contributed by atoms with Crippen LogP contribution in [0.2, 0.25) is 0 Å². The second-order valence-corrected chi connectivity index (χ2v) is 8.46. The number of hydrogen-bond donors (Lipinski definition) is 0. The molecule has 1 fully saturated rings. The quantitative estimate of drug-likeness (QED) is 0.659. The summed E-state index contributed by atoms with van der Waals surface area (Å²) in [5.74, 6) is 0.945. The largest absolute Gasteiger partial charge is 0.352 e. The van der Waals surface area contributed by atoms with Crippen LogP contribution in [0.15, 0.2) is 36.4 Å². The van der Waals surface area contributed by atoms with Gasteiger partial charge in [-0.05, 0) is 38.0 Å². The SMILES string of the molecule is CCc1ccc(-c2ccc(N3CCN(C(=O)c4sc(C)nc4C)CC3)nn2)cc1. The van der Waals surface area contributed by atoms with Gasteiger partial charge >= 0.3 is 0 Å². The van der Waals surface area contributed by atoms with Crippen molar-refractivity contribution in [2.24, 2.45) is 0 Å². The summed E-state index contributed by atoms with van der Waals surface area (Å²) in [6.45, 7) is 8.85. The smallest absolute Gasteiger partial charge is 0.265 e. The molecule has 1 aliphatic heterocycles. The molecule has 0 unspecified atom stereocenters. The summed E-state index contributed by atoms with van der Waals surface area (Å²) in [6, 6.07) is 12.5. The van der Waals surface area contributed by atoms with Crippen molar-refractivity contribution in [2.45, 2.75) is 27.2 Å². The van der Waals surface area contributed by atoms with Crippen LogP contribution in [0.1, 0.15) is 32.9 Å². The topological polar surface area (TPSA) is 62.2 Å². The highest BCUT2D eigenvalue weighted by atomic mass is 32.1. The summed E-state index contributed by atoms with van der Waals surface area (Å²) >= 11 is 1.48. The first-order chi connectivity index (χ1) is 14.0. The molecule has 2 aromatic heterocycles. The summed E-state index contributed by atoms with van der Waals surface area (Å²) < 4.78 is 0. The second-order valence-electron chi connectivity index (χ2n) is 7.25. The minimum absolute atomic E-state index is 0.0877. The van der Waals surface area contributed by atoms with Gasteiger partial charge < -0.3 is 9.80 Å². The van der Waals surface area contributed by atoms with Gasteiger partial charge in [-0.3, -0.25) is 4.79 Å². The van der Waals surface area contributed by atoms with Crippen molar-refractivity contribution in [3.8, 4) is 11.3 Å². The van der Waals surface area contributed by atoms with Crippen molar-refractivity contribution >= 4 is 23.1 Å². The van der Waals surface area contributed by atoms with E-state index in [0.29, 0.717) is 13.1 Å². The Kier molecular flexibility index (Phi) is 5.58. The molecule has 1 amide bonds. The molecule has 3 aromatic rings. The number of thiazole rings is 1. The minimum Gasteiger partial charge on any atom is -0.352 e. The summed E-state index contributed by atoms with van der Waals surface area (Å²) in [6.07, 6.45) is 1.03. The molecular weight excluding hydrogens is 382 g/mol. The monoisotopic (exact) mass is 407 g/mol. The Hall–Kier alpha value is -2.80. The number of piperazine rings is 1. The molecule has 1 saturated heterocycles. The van der Waals surface area contributed by atoms with E-state index >= 15 is 0 Å². The fourth-order valence-corrected chi connectivity index (χ4v) is 4.46. The lowest BCUT2D eigenvalue weighted by Crippen LogP contribution is -2.49. The van der Waals surface area contributed by atoms with Gasteiger partial charge in [-0.25, -0.2) is 4.98 Å². The lowest BCUT2D eigenvalue weighted by molar-refractivity contribution is 0.0750. The first-order valence-electron chi connectivity index (χ1n) is 9.96. The Balaban J connectivity index is 1.39. The van der Waals surface area contributed by atoms with Gasteiger partial charge in [-0.15, -0.1) is 21.5 Å². The lowest BCUT2D eigenvalue weighted by Gasteiger charge is -2.35. The lowest BCUT2D eigenvalue weighted by atomic mass is 10.1. The number of nitrogens with zero attached hydrogens (tertiary/aromatic N) is 5. The van der Waals surface area contributed by atoms with Crippen molar-refractivity contribution in [2.75, 3.05) is 31.1 Å². The Bertz CT molecular complexity index is 989. The zero-order chi connectivity index (χ0) is 20.4. The zero-order valence-electron chi connectivity index (χ0n) is 17.1. The van der Waals surface area contributed by atoms with Crippen molar-refractivity contribution in [1.29, 1.82) is 0 Å². The molecule has 6 nitrogen and oxygen atoms in total. The number of amides is 1. The van der Waals surface area contributed by atoms with Gasteiger partial charge in [0, 0.05) is 31.7 Å². The van der Waals surface area contributed by atoms with Crippen LogP contribution in [0.4, 0.5) is 5.82 Å². The van der Waals surface area contributed by atoms with E-state index in [1.807, 2.05) is 30.9 Å². The normalized spacial score (nSPS) is 14.3. The molecule has 0 bridgehead atoms. The van der Waals surface area contributed by atoms with Gasteiger partial charge in [0.1, 0.15) is 4.88 Å². The van der Waals surface area contributed by atoms with Crippen molar-refractivity contribution in [3.05, 3.63) is 57.5 Å². The van der Waals surface area contributed by atoms with Crippen LogP contribution in [0.25, 0.3) is 11.3 Å². The number of rotatable bonds is 4. The van der Waals surface area contributed by atoms with E-state index in [-0.39, 0.29) is 5.91 Å². The van der Waals surface area contributed by atoms with E-state index in [2.05, 4.69) is 51.3 Å². The molecule has 1 aliphatic rings. The first kappa shape index (κ1) is 19.5. The third-order valence-electron chi connectivity index (χ3n) is 5.30. The number of benzene rings is 1. The van der Waals surface area contributed by atoms with Crippen LogP contribution in [0.3, 0.4) is 0 Å². The number of carbonyl (C=O) groups is 1. The molecule has 150 valence electrons. The highest BCUT2D eigenvalue weighted by Crippen LogP contribution is 2.22. The van der Waals surface area contributed by atoms with Crippen LogP contribution in [0.5, 0.6) is 0 Å². The molecule has 1 aromatic carbocycles. The first-order valence-corrected chi connectivity index (χ1v) is 10.8. The number of aromatic nitrogens is 3. The number of carbonyl (C=O) groups excluding carboxylic acids is 1. The molecule has 4 rings (SSSR count). The average molecular weight is 408 g/mol. The Morgan fingerprint density at radius 3 is 2.28 bits per heavy atom. The molecular formula is C22H25N5OS. The summed E-state index contributed by atoms with van der Waals surface area (Å²) in [5.41, 5.74) is 4.09. The second kappa shape index (κ2) is 8.29. The van der Waals surface area contributed by atoms with E-state index in [0.717, 1.165) is 52.2 Å². The Morgan fingerprint density at radius 2 is 1.72 bits per heavy atom. The van der Waals surface area contributed by atoms with Gasteiger partial charge in [-0.2, -0.15) is 0 Å². The molecule has 0 N–H and O–H groups in total. The van der Waals surface area contributed by atoms with Gasteiger partial charge in [0.25, 0.3) is 5.91 Å². The maximum atomic E-state index is 12.8. The van der Waals surface area contributed by atoms with Crippen molar-refractivity contribution < 1.29 is 4.79 Å². The van der Waals surface area contributed by atoms with Crippen LogP contribution in [0, 0.1) is 13.8 Å². The highest BCUT2D eigenvalue weighted by molar-refractivity contribution is 7.13. The van der Waals surface area contributed by atoms with E-state index in [9.17, 15) is 4.79 Å². The fourth-order valence-electron chi connectivity index (χ4n) is 3.57. The minimum atomic E-state index is 0.0877. The maximum Gasteiger partial charge on any atom is 0.265 e. The van der Waals surface area contributed by atoms with Gasteiger partial charge in [-0.1, -0.05) is 31.2 Å². The third kappa shape index (κ3) is 4.15. The Labute approximate surface area is 175 Å². The van der Waals surface area contributed by atoms with Crippen molar-refractivity contribution in [1.82, 2.24) is 20.1 Å².